The van der Waals surface area contributed by atoms with E-state index in [2.05, 4.69) is 12.2 Å². The Morgan fingerprint density at radius 2 is 2.28 bits per heavy atom. The SMILES string of the molecule is CCSCCCC(=O)Nc1ccc(N)cc1OC. The zero-order chi connectivity index (χ0) is 13.4. The van der Waals surface area contributed by atoms with Crippen molar-refractivity contribution in [3.05, 3.63) is 18.2 Å². The van der Waals surface area contributed by atoms with Crippen molar-refractivity contribution in [2.45, 2.75) is 19.8 Å². The number of ether oxygens (including phenoxy) is 1. The highest BCUT2D eigenvalue weighted by molar-refractivity contribution is 7.99. The largest absolute Gasteiger partial charge is 0.494 e. The number of anilines is 2. The molecular weight excluding hydrogens is 248 g/mol. The summed E-state index contributed by atoms with van der Waals surface area (Å²) >= 11 is 1.84. The molecule has 0 aliphatic heterocycles. The van der Waals surface area contributed by atoms with Crippen LogP contribution >= 0.6 is 11.8 Å². The molecule has 5 heteroatoms. The van der Waals surface area contributed by atoms with Crippen molar-refractivity contribution < 1.29 is 9.53 Å². The van der Waals surface area contributed by atoms with Gasteiger partial charge < -0.3 is 15.8 Å². The predicted octanol–water partition coefficient (Wildman–Crippen LogP) is 2.75. The number of nitrogens with two attached hydrogens (primary N) is 1. The van der Waals surface area contributed by atoms with Gasteiger partial charge in [-0.1, -0.05) is 6.92 Å². The lowest BCUT2D eigenvalue weighted by molar-refractivity contribution is -0.116. The molecule has 1 aromatic rings. The summed E-state index contributed by atoms with van der Waals surface area (Å²) in [5, 5.41) is 2.84. The van der Waals surface area contributed by atoms with Crippen molar-refractivity contribution in [2.75, 3.05) is 29.7 Å². The topological polar surface area (TPSA) is 64.4 Å². The van der Waals surface area contributed by atoms with Crippen LogP contribution in [-0.4, -0.2) is 24.5 Å². The minimum Gasteiger partial charge on any atom is -0.494 e. The van der Waals surface area contributed by atoms with Crippen molar-refractivity contribution in [2.24, 2.45) is 0 Å². The Hall–Kier alpha value is -1.36. The molecule has 0 saturated heterocycles. The van der Waals surface area contributed by atoms with Gasteiger partial charge in [-0.15, -0.1) is 0 Å². The molecule has 0 heterocycles. The number of hydrogen-bond acceptors (Lipinski definition) is 4. The van der Waals surface area contributed by atoms with Crippen molar-refractivity contribution in [3.8, 4) is 5.75 Å². The third-order valence-corrected chi connectivity index (χ3v) is 3.38. The molecule has 4 nitrogen and oxygen atoms in total. The van der Waals surface area contributed by atoms with Gasteiger partial charge in [-0.05, 0) is 30.1 Å². The summed E-state index contributed by atoms with van der Waals surface area (Å²) in [6.07, 6.45) is 1.42. The van der Waals surface area contributed by atoms with E-state index in [1.807, 2.05) is 11.8 Å². The molecule has 100 valence electrons. The van der Waals surface area contributed by atoms with Gasteiger partial charge in [-0.3, -0.25) is 4.79 Å². The van der Waals surface area contributed by atoms with E-state index < -0.39 is 0 Å². The normalized spacial score (nSPS) is 10.1. The van der Waals surface area contributed by atoms with Crippen LogP contribution in [0.25, 0.3) is 0 Å². The molecule has 1 rings (SSSR count). The molecule has 0 unspecified atom stereocenters. The van der Waals surface area contributed by atoms with Gasteiger partial charge in [-0.2, -0.15) is 11.8 Å². The molecule has 0 bridgehead atoms. The zero-order valence-corrected chi connectivity index (χ0v) is 11.7. The van der Waals surface area contributed by atoms with Crippen LogP contribution in [0.5, 0.6) is 5.75 Å². The molecule has 0 aliphatic rings. The number of carbonyl (C=O) groups is 1. The Balaban J connectivity index is 2.48. The number of nitrogen functional groups attached to an aromatic ring is 1. The Morgan fingerprint density at radius 3 is 2.94 bits per heavy atom. The van der Waals surface area contributed by atoms with Gasteiger partial charge in [0, 0.05) is 18.2 Å². The molecule has 3 N–H and O–H groups in total. The molecule has 0 radical (unpaired) electrons. The maximum atomic E-state index is 11.7. The molecule has 0 aromatic heterocycles. The summed E-state index contributed by atoms with van der Waals surface area (Å²) in [7, 11) is 1.56. The number of hydrogen-bond donors (Lipinski definition) is 2. The minimum atomic E-state index is 0.00905. The Morgan fingerprint density at radius 1 is 1.50 bits per heavy atom. The first-order chi connectivity index (χ1) is 8.67. The fourth-order valence-electron chi connectivity index (χ4n) is 1.50. The van der Waals surface area contributed by atoms with Crippen LogP contribution < -0.4 is 15.8 Å². The van der Waals surface area contributed by atoms with E-state index in [0.717, 1.165) is 17.9 Å². The second-order valence-corrected chi connectivity index (χ2v) is 5.20. The highest BCUT2D eigenvalue weighted by Gasteiger charge is 2.07. The smallest absolute Gasteiger partial charge is 0.224 e. The molecule has 0 atom stereocenters. The molecule has 1 aromatic carbocycles. The summed E-state index contributed by atoms with van der Waals surface area (Å²) < 4.78 is 5.17. The Bertz CT molecular complexity index is 397. The number of nitrogens with one attached hydrogen (secondary N) is 1. The third kappa shape index (κ3) is 4.87. The molecule has 0 spiro atoms. The highest BCUT2D eigenvalue weighted by atomic mass is 32.2. The standard InChI is InChI=1S/C13H20N2O2S/c1-3-18-8-4-5-13(16)15-11-7-6-10(14)9-12(11)17-2/h6-7,9H,3-5,8,14H2,1-2H3,(H,15,16). The van der Waals surface area contributed by atoms with Gasteiger partial charge in [0.05, 0.1) is 12.8 Å². The molecule has 0 fully saturated rings. The summed E-state index contributed by atoms with van der Waals surface area (Å²) in [5.41, 5.74) is 6.93. The maximum Gasteiger partial charge on any atom is 0.224 e. The fraction of sp³-hybridized carbons (Fsp3) is 0.462. The first kappa shape index (κ1) is 14.7. The number of amides is 1. The first-order valence-electron chi connectivity index (χ1n) is 5.98. The van der Waals surface area contributed by atoms with Gasteiger partial charge in [0.15, 0.2) is 0 Å². The van der Waals surface area contributed by atoms with Crippen LogP contribution in [0.15, 0.2) is 18.2 Å². The van der Waals surface area contributed by atoms with Gasteiger partial charge in [-0.25, -0.2) is 0 Å². The summed E-state index contributed by atoms with van der Waals surface area (Å²) in [5.74, 6) is 2.71. The Labute approximate surface area is 112 Å². The average Bonchev–Trinajstić information content (AvgIpc) is 2.37. The summed E-state index contributed by atoms with van der Waals surface area (Å²) in [6.45, 7) is 2.12. The highest BCUT2D eigenvalue weighted by Crippen LogP contribution is 2.26. The van der Waals surface area contributed by atoms with Crippen LogP contribution in [-0.2, 0) is 4.79 Å². The quantitative estimate of drug-likeness (QED) is 0.589. The summed E-state index contributed by atoms with van der Waals surface area (Å²) in [4.78, 5) is 11.7. The third-order valence-electron chi connectivity index (χ3n) is 2.40. The lowest BCUT2D eigenvalue weighted by Crippen LogP contribution is -2.12. The zero-order valence-electron chi connectivity index (χ0n) is 10.9. The lowest BCUT2D eigenvalue weighted by atomic mass is 10.2. The number of benzene rings is 1. The van der Waals surface area contributed by atoms with Gasteiger partial charge in [0.25, 0.3) is 0 Å². The van der Waals surface area contributed by atoms with Crippen molar-refractivity contribution >= 4 is 29.0 Å². The van der Waals surface area contributed by atoms with E-state index in [4.69, 9.17) is 10.5 Å². The average molecular weight is 268 g/mol. The molecule has 18 heavy (non-hydrogen) atoms. The predicted molar refractivity (Wildman–Crippen MR) is 78.3 cm³/mol. The lowest BCUT2D eigenvalue weighted by Gasteiger charge is -2.10. The number of methoxy groups -OCH3 is 1. The van der Waals surface area contributed by atoms with E-state index in [1.165, 1.54) is 0 Å². The van der Waals surface area contributed by atoms with Gasteiger partial charge in [0.1, 0.15) is 5.75 Å². The van der Waals surface area contributed by atoms with Gasteiger partial charge in [0.2, 0.25) is 5.91 Å². The second kappa shape index (κ2) is 7.87. The number of carbonyl (C=O) groups excluding carboxylic acids is 1. The molecular formula is C13H20N2O2S. The van der Waals surface area contributed by atoms with E-state index >= 15 is 0 Å². The van der Waals surface area contributed by atoms with Crippen LogP contribution in [0.3, 0.4) is 0 Å². The van der Waals surface area contributed by atoms with E-state index in [1.54, 1.807) is 25.3 Å². The second-order valence-electron chi connectivity index (χ2n) is 3.81. The van der Waals surface area contributed by atoms with Crippen LogP contribution in [0.2, 0.25) is 0 Å². The van der Waals surface area contributed by atoms with Crippen molar-refractivity contribution in [1.29, 1.82) is 0 Å². The summed E-state index contributed by atoms with van der Waals surface area (Å²) in [6, 6.07) is 5.19. The Kier molecular flexibility index (Phi) is 6.43. The van der Waals surface area contributed by atoms with E-state index in [-0.39, 0.29) is 5.91 Å². The van der Waals surface area contributed by atoms with Crippen LogP contribution in [0.1, 0.15) is 19.8 Å². The molecule has 1 amide bonds. The monoisotopic (exact) mass is 268 g/mol. The molecule has 0 aliphatic carbocycles. The minimum absolute atomic E-state index is 0.00905. The van der Waals surface area contributed by atoms with Gasteiger partial charge >= 0.3 is 0 Å². The maximum absolute atomic E-state index is 11.7. The molecule has 0 saturated carbocycles. The van der Waals surface area contributed by atoms with E-state index in [9.17, 15) is 4.79 Å². The van der Waals surface area contributed by atoms with Crippen molar-refractivity contribution in [3.63, 3.8) is 0 Å². The first-order valence-corrected chi connectivity index (χ1v) is 7.14. The fourth-order valence-corrected chi connectivity index (χ4v) is 2.14. The number of thioether (sulfide) groups is 1. The number of rotatable bonds is 7. The van der Waals surface area contributed by atoms with E-state index in [0.29, 0.717) is 23.5 Å². The van der Waals surface area contributed by atoms with Crippen LogP contribution in [0.4, 0.5) is 11.4 Å². The van der Waals surface area contributed by atoms with Crippen molar-refractivity contribution in [1.82, 2.24) is 0 Å². The van der Waals surface area contributed by atoms with Crippen LogP contribution in [0, 0.1) is 0 Å².